The first-order valence-electron chi connectivity index (χ1n) is 5.82. The molecule has 2 aromatic heterocycles. The molecule has 8 heteroatoms. The second-order valence-electron chi connectivity index (χ2n) is 4.15. The smallest absolute Gasteiger partial charge is 0.259 e. The summed E-state index contributed by atoms with van der Waals surface area (Å²) in [4.78, 5) is 12.2. The van der Waals surface area contributed by atoms with E-state index >= 15 is 0 Å². The van der Waals surface area contributed by atoms with Crippen molar-refractivity contribution in [1.82, 2.24) is 14.6 Å². The monoisotopic (exact) mass is 324 g/mol. The van der Waals surface area contributed by atoms with Crippen LogP contribution in [0, 0.1) is 5.82 Å². The lowest BCUT2D eigenvalue weighted by molar-refractivity contribution is 0.102. The van der Waals surface area contributed by atoms with Gasteiger partial charge in [0.1, 0.15) is 5.82 Å². The van der Waals surface area contributed by atoms with Crippen molar-refractivity contribution in [3.05, 3.63) is 58.0 Å². The van der Waals surface area contributed by atoms with Gasteiger partial charge in [0.15, 0.2) is 5.65 Å². The van der Waals surface area contributed by atoms with Gasteiger partial charge in [0.25, 0.3) is 5.91 Å². The number of aromatic nitrogens is 3. The van der Waals surface area contributed by atoms with Gasteiger partial charge in [0.05, 0.1) is 15.6 Å². The van der Waals surface area contributed by atoms with E-state index in [4.69, 9.17) is 23.2 Å². The van der Waals surface area contributed by atoms with Crippen LogP contribution in [0.25, 0.3) is 5.65 Å². The summed E-state index contributed by atoms with van der Waals surface area (Å²) in [5, 5.41) is 10.2. The van der Waals surface area contributed by atoms with Crippen molar-refractivity contribution in [3.8, 4) is 0 Å². The normalized spacial score (nSPS) is 10.8. The van der Waals surface area contributed by atoms with Crippen LogP contribution in [0.4, 0.5) is 10.3 Å². The van der Waals surface area contributed by atoms with Crippen LogP contribution >= 0.6 is 23.2 Å². The van der Waals surface area contributed by atoms with Gasteiger partial charge < -0.3 is 0 Å². The Morgan fingerprint density at radius 1 is 1.19 bits per heavy atom. The van der Waals surface area contributed by atoms with Gasteiger partial charge in [-0.2, -0.15) is 0 Å². The molecule has 1 amide bonds. The highest BCUT2D eigenvalue weighted by molar-refractivity contribution is 6.37. The number of fused-ring (bicyclic) bond motifs is 1. The van der Waals surface area contributed by atoms with E-state index < -0.39 is 11.7 Å². The first-order valence-corrected chi connectivity index (χ1v) is 6.57. The molecule has 0 saturated heterocycles. The summed E-state index contributed by atoms with van der Waals surface area (Å²) in [7, 11) is 0. The molecule has 1 aromatic carbocycles. The highest BCUT2D eigenvalue weighted by atomic mass is 35.5. The summed E-state index contributed by atoms with van der Waals surface area (Å²) >= 11 is 11.5. The summed E-state index contributed by atoms with van der Waals surface area (Å²) in [6.07, 6.45) is 1.69. The van der Waals surface area contributed by atoms with Crippen LogP contribution < -0.4 is 5.32 Å². The highest BCUT2D eigenvalue weighted by Crippen LogP contribution is 2.25. The van der Waals surface area contributed by atoms with E-state index in [0.29, 0.717) is 5.65 Å². The van der Waals surface area contributed by atoms with Crippen LogP contribution in [0.3, 0.4) is 0 Å². The summed E-state index contributed by atoms with van der Waals surface area (Å²) in [5.41, 5.74) is 0.535. The Bertz CT molecular complexity index is 849. The van der Waals surface area contributed by atoms with E-state index in [1.165, 1.54) is 6.07 Å². The van der Waals surface area contributed by atoms with Gasteiger partial charge in [-0.3, -0.25) is 14.5 Å². The van der Waals surface area contributed by atoms with Gasteiger partial charge in [-0.1, -0.05) is 29.3 Å². The molecule has 0 spiro atoms. The molecule has 0 aliphatic carbocycles. The van der Waals surface area contributed by atoms with Crippen LogP contribution in [0.2, 0.25) is 10.0 Å². The molecule has 0 fully saturated rings. The molecule has 21 heavy (non-hydrogen) atoms. The Balaban J connectivity index is 1.95. The minimum absolute atomic E-state index is 0.0359. The molecule has 0 unspecified atom stereocenters. The third kappa shape index (κ3) is 2.55. The van der Waals surface area contributed by atoms with E-state index in [-0.39, 0.29) is 21.6 Å². The minimum Gasteiger partial charge on any atom is -0.290 e. The van der Waals surface area contributed by atoms with Crippen molar-refractivity contribution >= 4 is 40.7 Å². The molecular weight excluding hydrogens is 318 g/mol. The Labute approximate surface area is 128 Å². The fourth-order valence-corrected chi connectivity index (χ4v) is 2.26. The number of amides is 1. The maximum absolute atomic E-state index is 13.4. The number of hydrogen-bond donors (Lipinski definition) is 1. The van der Waals surface area contributed by atoms with Gasteiger partial charge in [0, 0.05) is 6.20 Å². The molecule has 0 aliphatic heterocycles. The molecule has 0 bridgehead atoms. The molecule has 3 rings (SSSR count). The molecule has 0 aliphatic rings. The fraction of sp³-hybridized carbons (Fsp3) is 0. The average Bonchev–Trinajstić information content (AvgIpc) is 2.86. The average molecular weight is 325 g/mol. The standard InChI is InChI=1S/C13H7Cl2FN4O/c14-8-6-9(15)10(16)5-7(8)12(21)17-13-19-18-11-3-1-2-4-20(11)13/h1-6H,(H,17,19,21). The van der Waals surface area contributed by atoms with E-state index in [1.54, 1.807) is 28.8 Å². The van der Waals surface area contributed by atoms with Crippen molar-refractivity contribution < 1.29 is 9.18 Å². The lowest BCUT2D eigenvalue weighted by Crippen LogP contribution is -2.15. The largest absolute Gasteiger partial charge is 0.290 e. The molecule has 0 saturated carbocycles. The lowest BCUT2D eigenvalue weighted by atomic mass is 10.2. The number of benzene rings is 1. The molecule has 0 radical (unpaired) electrons. The molecular formula is C13H7Cl2FN4O. The summed E-state index contributed by atoms with van der Waals surface area (Å²) < 4.78 is 15.0. The quantitative estimate of drug-likeness (QED) is 0.735. The number of anilines is 1. The van der Waals surface area contributed by atoms with Crippen LogP contribution in [0.15, 0.2) is 36.5 Å². The molecule has 0 atom stereocenters. The fourth-order valence-electron chi connectivity index (χ4n) is 1.79. The number of rotatable bonds is 2. The van der Waals surface area contributed by atoms with E-state index in [1.807, 2.05) is 0 Å². The Kier molecular flexibility index (Phi) is 3.48. The van der Waals surface area contributed by atoms with E-state index in [9.17, 15) is 9.18 Å². The van der Waals surface area contributed by atoms with E-state index in [2.05, 4.69) is 15.5 Å². The van der Waals surface area contributed by atoms with Crippen molar-refractivity contribution in [2.24, 2.45) is 0 Å². The molecule has 1 N–H and O–H groups in total. The maximum atomic E-state index is 13.4. The van der Waals surface area contributed by atoms with Crippen molar-refractivity contribution in [2.45, 2.75) is 0 Å². The van der Waals surface area contributed by atoms with Gasteiger partial charge in [-0.25, -0.2) is 4.39 Å². The zero-order valence-corrected chi connectivity index (χ0v) is 11.9. The van der Waals surface area contributed by atoms with Gasteiger partial charge in [-0.15, -0.1) is 10.2 Å². The summed E-state index contributed by atoms with van der Waals surface area (Å²) in [6.45, 7) is 0. The second kappa shape index (κ2) is 5.31. The number of carbonyl (C=O) groups excluding carboxylic acids is 1. The van der Waals surface area contributed by atoms with Crippen LogP contribution in [-0.4, -0.2) is 20.5 Å². The number of halogens is 3. The van der Waals surface area contributed by atoms with Crippen LogP contribution in [-0.2, 0) is 0 Å². The second-order valence-corrected chi connectivity index (χ2v) is 4.97. The Morgan fingerprint density at radius 2 is 2.00 bits per heavy atom. The number of hydrogen-bond acceptors (Lipinski definition) is 3. The maximum Gasteiger partial charge on any atom is 0.259 e. The van der Waals surface area contributed by atoms with Crippen molar-refractivity contribution in [2.75, 3.05) is 5.32 Å². The SMILES string of the molecule is O=C(Nc1nnc2ccccn12)c1cc(F)c(Cl)cc1Cl. The first kappa shape index (κ1) is 13.8. The first-order chi connectivity index (χ1) is 10.1. The zero-order valence-electron chi connectivity index (χ0n) is 10.3. The van der Waals surface area contributed by atoms with Crippen molar-refractivity contribution in [1.29, 1.82) is 0 Å². The number of nitrogens with one attached hydrogen (secondary N) is 1. The predicted octanol–water partition coefficient (Wildman–Crippen LogP) is 3.43. The zero-order chi connectivity index (χ0) is 15.0. The molecule has 3 aromatic rings. The molecule has 2 heterocycles. The third-order valence-electron chi connectivity index (χ3n) is 2.79. The third-order valence-corrected chi connectivity index (χ3v) is 3.40. The van der Waals surface area contributed by atoms with Crippen LogP contribution in [0.1, 0.15) is 10.4 Å². The Hall–Kier alpha value is -2.18. The highest BCUT2D eigenvalue weighted by Gasteiger charge is 2.16. The van der Waals surface area contributed by atoms with Crippen LogP contribution in [0.5, 0.6) is 0 Å². The predicted molar refractivity (Wildman–Crippen MR) is 77.4 cm³/mol. The van der Waals surface area contributed by atoms with Gasteiger partial charge in [-0.05, 0) is 24.3 Å². The van der Waals surface area contributed by atoms with Gasteiger partial charge in [0.2, 0.25) is 5.95 Å². The minimum atomic E-state index is -0.725. The van der Waals surface area contributed by atoms with Crippen molar-refractivity contribution in [3.63, 3.8) is 0 Å². The number of nitrogens with zero attached hydrogens (tertiary/aromatic N) is 3. The molecule has 106 valence electrons. The Morgan fingerprint density at radius 3 is 2.81 bits per heavy atom. The van der Waals surface area contributed by atoms with E-state index in [0.717, 1.165) is 6.07 Å². The summed E-state index contributed by atoms with van der Waals surface area (Å²) in [5.74, 6) is -1.12. The number of carbonyl (C=O) groups is 1. The summed E-state index contributed by atoms with van der Waals surface area (Å²) in [6, 6.07) is 7.44. The van der Waals surface area contributed by atoms with Gasteiger partial charge >= 0.3 is 0 Å². The topological polar surface area (TPSA) is 59.3 Å². The molecule has 5 nitrogen and oxygen atoms in total. The number of pyridine rings is 1. The lowest BCUT2D eigenvalue weighted by Gasteiger charge is -2.06.